The van der Waals surface area contributed by atoms with Crippen molar-refractivity contribution in [2.45, 2.75) is 12.2 Å². The maximum Gasteiger partial charge on any atom is 0.148 e. The molecule has 2 atom stereocenters. The number of hydrogen-bond acceptors (Lipinski definition) is 3. The van der Waals surface area contributed by atoms with Crippen molar-refractivity contribution in [1.82, 2.24) is 0 Å². The van der Waals surface area contributed by atoms with Crippen molar-refractivity contribution in [1.29, 1.82) is 0 Å². The lowest BCUT2D eigenvalue weighted by Gasteiger charge is -1.86. The Bertz CT molecular complexity index is 191. The van der Waals surface area contributed by atoms with Crippen molar-refractivity contribution in [2.75, 3.05) is 6.61 Å². The molecule has 0 saturated carbocycles. The highest BCUT2D eigenvalue weighted by Crippen LogP contribution is 2.64. The molecule has 2 nitrogen and oxygen atoms in total. The van der Waals surface area contributed by atoms with E-state index >= 15 is 0 Å². The van der Waals surface area contributed by atoms with Gasteiger partial charge in [-0.15, -0.1) is 0 Å². The van der Waals surface area contributed by atoms with Crippen LogP contribution in [-0.2, 0) is 4.74 Å². The zero-order valence-corrected chi connectivity index (χ0v) is 11.4. The average molecular weight is 414 g/mol. The van der Waals surface area contributed by atoms with Gasteiger partial charge in [0.25, 0.3) is 0 Å². The predicted octanol–water partition coefficient (Wildman–Crippen LogP) is 2.54. The monoisotopic (exact) mass is 414 g/mol. The standard InChI is InChI=1S/C5H5I2O2PS/c6-10(7)11-2-1-4-5(3-8)9-4/h4-5,8H,3H2/t4-,5-/m1/s1. The van der Waals surface area contributed by atoms with E-state index in [1.165, 1.54) is 0 Å². The quantitative estimate of drug-likeness (QED) is 0.327. The lowest BCUT2D eigenvalue weighted by atomic mass is 10.3. The van der Waals surface area contributed by atoms with E-state index in [9.17, 15) is 0 Å². The van der Waals surface area contributed by atoms with Gasteiger partial charge in [-0.3, -0.25) is 0 Å². The van der Waals surface area contributed by atoms with Crippen LogP contribution in [0.25, 0.3) is 0 Å². The summed E-state index contributed by atoms with van der Waals surface area (Å²) in [6, 6.07) is 0. The van der Waals surface area contributed by atoms with E-state index in [0.29, 0.717) is 0 Å². The van der Waals surface area contributed by atoms with E-state index in [1.807, 2.05) is 0 Å². The summed E-state index contributed by atoms with van der Waals surface area (Å²) >= 11 is 6.32. The fourth-order valence-electron chi connectivity index (χ4n) is 0.528. The van der Waals surface area contributed by atoms with Crippen LogP contribution in [0.1, 0.15) is 0 Å². The van der Waals surface area contributed by atoms with Crippen molar-refractivity contribution in [2.24, 2.45) is 0 Å². The molecule has 0 spiro atoms. The van der Waals surface area contributed by atoms with Crippen LogP contribution in [0, 0.1) is 11.2 Å². The Morgan fingerprint density at radius 2 is 2.36 bits per heavy atom. The molecule has 6 heteroatoms. The van der Waals surface area contributed by atoms with Gasteiger partial charge in [0.2, 0.25) is 0 Å². The minimum atomic E-state index is -0.0569. The molecule has 1 aliphatic rings. The normalized spacial score (nSPS) is 28.0. The smallest absolute Gasteiger partial charge is 0.148 e. The lowest BCUT2D eigenvalue weighted by Crippen LogP contribution is -1.95. The molecule has 1 fully saturated rings. The first-order chi connectivity index (χ1) is 5.24. The Labute approximate surface area is 96.7 Å². The van der Waals surface area contributed by atoms with Crippen LogP contribution in [0.5, 0.6) is 0 Å². The van der Waals surface area contributed by atoms with E-state index < -0.39 is 0 Å². The summed E-state index contributed by atoms with van der Waals surface area (Å²) in [6.45, 7) is 0.0905. The molecule has 0 aliphatic carbocycles. The molecule has 1 N–H and O–H groups in total. The van der Waals surface area contributed by atoms with Gasteiger partial charge in [0.15, 0.2) is 0 Å². The number of aliphatic hydroxyl groups excluding tert-OH is 1. The first-order valence-electron chi connectivity index (χ1n) is 2.79. The third-order valence-corrected chi connectivity index (χ3v) is 5.66. The van der Waals surface area contributed by atoms with Gasteiger partial charge in [-0.05, 0) is 60.7 Å². The Balaban J connectivity index is 2.14. The predicted molar refractivity (Wildman–Crippen MR) is 66.1 cm³/mol. The van der Waals surface area contributed by atoms with Crippen LogP contribution in [0.3, 0.4) is 0 Å². The second-order valence-corrected chi connectivity index (χ2v) is 19.5. The van der Waals surface area contributed by atoms with Gasteiger partial charge in [-0.2, -0.15) is 0 Å². The van der Waals surface area contributed by atoms with Crippen molar-refractivity contribution in [3.05, 3.63) is 0 Å². The van der Waals surface area contributed by atoms with Crippen molar-refractivity contribution < 1.29 is 9.84 Å². The van der Waals surface area contributed by atoms with Gasteiger partial charge in [0.1, 0.15) is 12.2 Å². The Morgan fingerprint density at radius 1 is 1.64 bits per heavy atom. The molecule has 0 bridgehead atoms. The molecular weight excluding hydrogens is 409 g/mol. The van der Waals surface area contributed by atoms with E-state index in [4.69, 9.17) is 9.84 Å². The van der Waals surface area contributed by atoms with Crippen LogP contribution in [0.15, 0.2) is 0 Å². The molecule has 1 saturated heterocycles. The Morgan fingerprint density at radius 3 is 2.82 bits per heavy atom. The molecule has 1 rings (SSSR count). The number of halogens is 2. The van der Waals surface area contributed by atoms with Gasteiger partial charge in [0, 0.05) is 0 Å². The molecular formula is C5H5I2O2PS. The Kier molecular flexibility index (Phi) is 5.35. The summed E-state index contributed by atoms with van der Waals surface area (Å²) in [6.07, 6.45) is -0.0204. The summed E-state index contributed by atoms with van der Waals surface area (Å²) in [7, 11) is 0. The number of epoxide rings is 1. The van der Waals surface area contributed by atoms with Crippen LogP contribution in [0.2, 0.25) is 0 Å². The Hall–Kier alpha value is 1.72. The lowest BCUT2D eigenvalue weighted by molar-refractivity contribution is 0.243. The third-order valence-electron chi connectivity index (χ3n) is 1.08. The van der Waals surface area contributed by atoms with Crippen molar-refractivity contribution in [3.8, 4) is 11.2 Å². The summed E-state index contributed by atoms with van der Waals surface area (Å²) in [5, 5.41) is 11.5. The van der Waals surface area contributed by atoms with Gasteiger partial charge in [-0.1, -0.05) is 5.92 Å². The first kappa shape index (κ1) is 10.8. The van der Waals surface area contributed by atoms with Crippen molar-refractivity contribution in [3.63, 3.8) is 0 Å². The minimum Gasteiger partial charge on any atom is -0.394 e. The summed E-state index contributed by atoms with van der Waals surface area (Å²) in [5.74, 6) is 2.93. The molecule has 0 aromatic rings. The first-order valence-corrected chi connectivity index (χ1v) is 11.1. The zero-order valence-electron chi connectivity index (χ0n) is 5.33. The molecule has 0 unspecified atom stereocenters. The molecule has 1 aliphatic heterocycles. The highest BCUT2D eigenvalue weighted by Gasteiger charge is 2.36. The number of ether oxygens (including phenoxy) is 1. The minimum absolute atomic E-state index is 0.00440. The topological polar surface area (TPSA) is 32.8 Å². The van der Waals surface area contributed by atoms with Crippen LogP contribution in [0.4, 0.5) is 0 Å². The van der Waals surface area contributed by atoms with Crippen LogP contribution in [-0.4, -0.2) is 23.9 Å². The third kappa shape index (κ3) is 4.48. The second kappa shape index (κ2) is 5.45. The number of aliphatic hydroxyl groups is 1. The molecule has 1 heterocycles. The highest BCUT2D eigenvalue weighted by molar-refractivity contribution is 14.3. The largest absolute Gasteiger partial charge is 0.394 e. The summed E-state index contributed by atoms with van der Waals surface area (Å²) in [4.78, 5) is 0. The fourth-order valence-corrected chi connectivity index (χ4v) is 2.90. The van der Waals surface area contributed by atoms with E-state index in [2.05, 4.69) is 55.3 Å². The number of hydrogen-bond donors (Lipinski definition) is 1. The van der Waals surface area contributed by atoms with E-state index in [-0.39, 0.29) is 21.2 Å². The van der Waals surface area contributed by atoms with Crippen LogP contribution >= 0.6 is 57.9 Å². The summed E-state index contributed by atoms with van der Waals surface area (Å²) < 4.78 is 4.96. The van der Waals surface area contributed by atoms with Gasteiger partial charge >= 0.3 is 0 Å². The molecule has 62 valence electrons. The molecule has 0 radical (unpaired) electrons. The maximum absolute atomic E-state index is 8.59. The fraction of sp³-hybridized carbons (Fsp3) is 0.600. The number of rotatable bonds is 2. The molecule has 11 heavy (non-hydrogen) atoms. The summed E-state index contributed by atoms with van der Waals surface area (Å²) in [5.41, 5.74) is 0. The van der Waals surface area contributed by atoms with Crippen molar-refractivity contribution >= 4 is 57.9 Å². The van der Waals surface area contributed by atoms with E-state index in [1.54, 1.807) is 11.4 Å². The molecule has 0 aromatic heterocycles. The molecule has 0 amide bonds. The molecule has 0 aromatic carbocycles. The zero-order chi connectivity index (χ0) is 8.27. The second-order valence-electron chi connectivity index (χ2n) is 1.82. The van der Waals surface area contributed by atoms with Gasteiger partial charge in [-0.25, -0.2) is 0 Å². The maximum atomic E-state index is 8.59. The SMILES string of the molecule is OC[C@H]1O[C@@H]1C#CSP(I)I. The van der Waals surface area contributed by atoms with Crippen LogP contribution < -0.4 is 0 Å². The highest BCUT2D eigenvalue weighted by atomic mass is 127. The van der Waals surface area contributed by atoms with Gasteiger partial charge in [0.05, 0.1) is 9.02 Å². The van der Waals surface area contributed by atoms with E-state index in [0.717, 1.165) is 0 Å². The van der Waals surface area contributed by atoms with Gasteiger partial charge < -0.3 is 9.84 Å². The average Bonchev–Trinajstić information content (AvgIpc) is 2.66.